The molecule has 0 aliphatic carbocycles. The fourth-order valence-electron chi connectivity index (χ4n) is 2.85. The lowest BCUT2D eigenvalue weighted by atomic mass is 10.0. The summed E-state index contributed by atoms with van der Waals surface area (Å²) < 4.78 is 62.1. The van der Waals surface area contributed by atoms with E-state index in [1.54, 1.807) is 0 Å². The first-order chi connectivity index (χ1) is 15.8. The third kappa shape index (κ3) is 4.82. The van der Waals surface area contributed by atoms with Gasteiger partial charge < -0.3 is 9.47 Å². The van der Waals surface area contributed by atoms with Crippen molar-refractivity contribution < 1.29 is 40.7 Å². The Kier molecular flexibility index (Phi) is 8.19. The van der Waals surface area contributed by atoms with Crippen molar-refractivity contribution in [2.75, 3.05) is 28.3 Å². The monoisotopic (exact) mass is 552 g/mol. The van der Waals surface area contributed by atoms with Gasteiger partial charge in [0.2, 0.25) is 18.6 Å². The zero-order valence-corrected chi connectivity index (χ0v) is 21.3. The average molecular weight is 553 g/mol. The van der Waals surface area contributed by atoms with Crippen LogP contribution in [0.15, 0.2) is 34.1 Å². The van der Waals surface area contributed by atoms with Crippen molar-refractivity contribution in [1.82, 2.24) is 8.61 Å². The number of ketones is 1. The molecule has 15 heteroatoms. The Balaban J connectivity index is 2.91. The summed E-state index contributed by atoms with van der Waals surface area (Å²) in [5.41, 5.74) is -0.777. The van der Waals surface area contributed by atoms with E-state index in [9.17, 15) is 31.2 Å². The molecule has 0 fully saturated rings. The maximum absolute atomic E-state index is 13.5. The number of nitrogens with zero attached hydrogens (tertiary/aromatic N) is 2. The second-order valence-corrected chi connectivity index (χ2v) is 11.4. The SMILES string of the molecule is COc1c(C(=O)c2cc(Cl)cc(S(=O)(=O)N(C)C=O)c2OC)cc(Cl)cc1S(=O)(=O)N(C)C=O. The molecule has 0 aliphatic heterocycles. The van der Waals surface area contributed by atoms with Crippen LogP contribution in [-0.4, -0.2) is 72.4 Å². The number of amides is 2. The second kappa shape index (κ2) is 10.2. The van der Waals surface area contributed by atoms with Crippen LogP contribution in [0.3, 0.4) is 0 Å². The number of sulfonamides is 2. The van der Waals surface area contributed by atoms with Crippen LogP contribution < -0.4 is 9.47 Å². The van der Waals surface area contributed by atoms with Gasteiger partial charge in [0.1, 0.15) is 9.79 Å². The highest BCUT2D eigenvalue weighted by Crippen LogP contribution is 2.39. The van der Waals surface area contributed by atoms with Crippen LogP contribution in [-0.2, 0) is 29.6 Å². The first-order valence-corrected chi connectivity index (χ1v) is 12.6. The van der Waals surface area contributed by atoms with E-state index in [-0.39, 0.29) is 34.0 Å². The number of rotatable bonds is 10. The number of methoxy groups -OCH3 is 2. The minimum atomic E-state index is -4.46. The average Bonchev–Trinajstić information content (AvgIpc) is 2.80. The molecule has 0 saturated carbocycles. The van der Waals surface area contributed by atoms with E-state index in [1.165, 1.54) is 0 Å². The second-order valence-electron chi connectivity index (χ2n) is 6.55. The van der Waals surface area contributed by atoms with Gasteiger partial charge in [-0.05, 0) is 24.3 Å². The zero-order chi connectivity index (χ0) is 26.0. The van der Waals surface area contributed by atoms with Gasteiger partial charge in [-0.15, -0.1) is 0 Å². The minimum absolute atomic E-state index is 0.0395. The maximum Gasteiger partial charge on any atom is 0.269 e. The van der Waals surface area contributed by atoms with Gasteiger partial charge in [-0.25, -0.2) is 25.4 Å². The summed E-state index contributed by atoms with van der Waals surface area (Å²) in [6.07, 6.45) is 0.0790. The molecule has 0 heterocycles. The third-order valence-corrected chi connectivity index (χ3v) is 8.39. The predicted molar refractivity (Wildman–Crippen MR) is 121 cm³/mol. The van der Waals surface area contributed by atoms with E-state index in [0.29, 0.717) is 8.61 Å². The highest BCUT2D eigenvalue weighted by atomic mass is 35.5. The zero-order valence-electron chi connectivity index (χ0n) is 18.1. The Hall–Kier alpha value is -2.87. The molecule has 0 atom stereocenters. The molecule has 0 aliphatic rings. The minimum Gasteiger partial charge on any atom is -0.495 e. The smallest absolute Gasteiger partial charge is 0.269 e. The van der Waals surface area contributed by atoms with E-state index in [1.807, 2.05) is 0 Å². The quantitative estimate of drug-likeness (QED) is 0.318. The molecule has 34 heavy (non-hydrogen) atoms. The maximum atomic E-state index is 13.5. The van der Waals surface area contributed by atoms with Gasteiger partial charge >= 0.3 is 0 Å². The van der Waals surface area contributed by atoms with Crippen LogP contribution in [0.1, 0.15) is 15.9 Å². The van der Waals surface area contributed by atoms with Crippen molar-refractivity contribution >= 4 is 61.9 Å². The molecule has 0 saturated heterocycles. The molecule has 0 N–H and O–H groups in total. The van der Waals surface area contributed by atoms with Crippen molar-refractivity contribution in [1.29, 1.82) is 0 Å². The van der Waals surface area contributed by atoms with Gasteiger partial charge in [0.25, 0.3) is 20.0 Å². The normalized spacial score (nSPS) is 11.5. The largest absolute Gasteiger partial charge is 0.495 e. The summed E-state index contributed by atoms with van der Waals surface area (Å²) in [7, 11) is -4.79. The van der Waals surface area contributed by atoms with Crippen LogP contribution in [0, 0.1) is 0 Å². The summed E-state index contributed by atoms with van der Waals surface area (Å²) in [4.78, 5) is 34.5. The number of benzene rings is 2. The van der Waals surface area contributed by atoms with E-state index in [4.69, 9.17) is 32.7 Å². The molecule has 0 bridgehead atoms. The van der Waals surface area contributed by atoms with Gasteiger partial charge in [0, 0.05) is 24.1 Å². The van der Waals surface area contributed by atoms with Crippen LogP contribution in [0.4, 0.5) is 0 Å². The molecular weight excluding hydrogens is 535 g/mol. The van der Waals surface area contributed by atoms with Crippen molar-refractivity contribution in [3.8, 4) is 11.5 Å². The summed E-state index contributed by atoms with van der Waals surface area (Å²) >= 11 is 12.1. The molecule has 2 aromatic carbocycles. The summed E-state index contributed by atoms with van der Waals surface area (Å²) in [5.74, 6) is -1.88. The number of halogens is 2. The Labute approximate surface area is 205 Å². The topological polar surface area (TPSA) is 144 Å². The lowest BCUT2D eigenvalue weighted by Crippen LogP contribution is -2.26. The van der Waals surface area contributed by atoms with Crippen molar-refractivity contribution in [2.45, 2.75) is 9.79 Å². The van der Waals surface area contributed by atoms with Crippen LogP contribution in [0.2, 0.25) is 10.0 Å². The molecule has 0 spiro atoms. The molecule has 2 rings (SSSR count). The Morgan fingerprint density at radius 1 is 0.765 bits per heavy atom. The number of hydrogen-bond donors (Lipinski definition) is 0. The van der Waals surface area contributed by atoms with Crippen LogP contribution in [0.25, 0.3) is 0 Å². The van der Waals surface area contributed by atoms with Gasteiger partial charge in [0.15, 0.2) is 11.5 Å². The fourth-order valence-corrected chi connectivity index (χ4v) is 5.67. The molecule has 184 valence electrons. The van der Waals surface area contributed by atoms with Crippen molar-refractivity contribution in [2.24, 2.45) is 0 Å². The Morgan fingerprint density at radius 2 is 1.09 bits per heavy atom. The van der Waals surface area contributed by atoms with Crippen molar-refractivity contribution in [3.05, 3.63) is 45.4 Å². The van der Waals surface area contributed by atoms with Gasteiger partial charge in [-0.2, -0.15) is 0 Å². The van der Waals surface area contributed by atoms with E-state index in [0.717, 1.165) is 52.6 Å². The lowest BCUT2D eigenvalue weighted by molar-refractivity contribution is -0.114. The van der Waals surface area contributed by atoms with Gasteiger partial charge in [-0.3, -0.25) is 14.4 Å². The molecule has 11 nitrogen and oxygen atoms in total. The molecule has 0 radical (unpaired) electrons. The van der Waals surface area contributed by atoms with Crippen molar-refractivity contribution in [3.63, 3.8) is 0 Å². The predicted octanol–water partition coefficient (Wildman–Crippen LogP) is 1.80. The molecule has 0 unspecified atom stereocenters. The number of ether oxygens (including phenoxy) is 2. The third-order valence-electron chi connectivity index (χ3n) is 4.55. The summed E-state index contributed by atoms with van der Waals surface area (Å²) in [5, 5.41) is -0.395. The van der Waals surface area contributed by atoms with E-state index < -0.39 is 47.1 Å². The molecule has 2 amide bonds. The highest BCUT2D eigenvalue weighted by Gasteiger charge is 2.33. The lowest BCUT2D eigenvalue weighted by Gasteiger charge is -2.19. The summed E-state index contributed by atoms with van der Waals surface area (Å²) in [6.45, 7) is 0. The summed E-state index contributed by atoms with van der Waals surface area (Å²) in [6, 6.07) is 4.15. The molecule has 0 aromatic heterocycles. The first kappa shape index (κ1) is 27.4. The molecule has 2 aromatic rings. The highest BCUT2D eigenvalue weighted by molar-refractivity contribution is 7.90. The van der Waals surface area contributed by atoms with Gasteiger partial charge in [0.05, 0.1) is 25.3 Å². The Morgan fingerprint density at radius 3 is 1.35 bits per heavy atom. The van der Waals surface area contributed by atoms with Crippen LogP contribution in [0.5, 0.6) is 11.5 Å². The fraction of sp³-hybridized carbons (Fsp3) is 0.211. The number of carbonyl (C=O) groups is 3. The standard InChI is InChI=1S/C19H18Cl2N2O9S2/c1-22(9-24)33(27,28)15-7-11(20)5-13(18(15)31-3)17(26)14-6-12(21)8-16(19(14)32-4)34(29,30)23(2)10-25/h5-10H,1-4H3. The molecular formula is C19H18Cl2N2O9S2. The van der Waals surface area contributed by atoms with Gasteiger partial charge in [-0.1, -0.05) is 23.2 Å². The first-order valence-electron chi connectivity index (χ1n) is 8.94. The van der Waals surface area contributed by atoms with E-state index >= 15 is 0 Å². The Bertz CT molecular complexity index is 1270. The van der Waals surface area contributed by atoms with Crippen LogP contribution >= 0.6 is 23.2 Å². The number of carbonyl (C=O) groups excluding carboxylic acids is 3. The number of hydrogen-bond acceptors (Lipinski definition) is 9. The van der Waals surface area contributed by atoms with E-state index in [2.05, 4.69) is 0 Å².